The summed E-state index contributed by atoms with van der Waals surface area (Å²) in [5.74, 6) is -1.08. The fourth-order valence-corrected chi connectivity index (χ4v) is 4.86. The van der Waals surface area contributed by atoms with Gasteiger partial charge in [-0.25, -0.2) is 4.79 Å². The van der Waals surface area contributed by atoms with Crippen molar-refractivity contribution in [2.75, 3.05) is 32.9 Å². The van der Waals surface area contributed by atoms with E-state index in [9.17, 15) is 14.7 Å². The number of carbonyl (C=O) groups is 2. The summed E-state index contributed by atoms with van der Waals surface area (Å²) in [6, 6.07) is 16.4. The molecule has 0 radical (unpaired) electrons. The second-order valence-electron chi connectivity index (χ2n) is 7.86. The van der Waals surface area contributed by atoms with Crippen LogP contribution in [0, 0.1) is 11.3 Å². The van der Waals surface area contributed by atoms with Crippen molar-refractivity contribution in [3.8, 4) is 11.1 Å². The van der Waals surface area contributed by atoms with Crippen molar-refractivity contribution in [3.05, 3.63) is 59.7 Å². The van der Waals surface area contributed by atoms with Crippen LogP contribution in [0.4, 0.5) is 4.79 Å². The molecule has 2 heterocycles. The lowest BCUT2D eigenvalue weighted by atomic mass is 9.81. The zero-order valence-electron chi connectivity index (χ0n) is 15.3. The Morgan fingerprint density at radius 2 is 1.75 bits per heavy atom. The Bertz CT molecular complexity index is 912. The molecule has 6 nitrogen and oxygen atoms in total. The minimum absolute atomic E-state index is 0.00443. The third-order valence-corrected chi connectivity index (χ3v) is 6.39. The Labute approximate surface area is 162 Å². The highest BCUT2D eigenvalue weighted by molar-refractivity contribution is 5.80. The molecule has 0 unspecified atom stereocenters. The molecule has 0 spiro atoms. The molecule has 0 bridgehead atoms. The highest BCUT2D eigenvalue weighted by Gasteiger charge is 2.57. The lowest BCUT2D eigenvalue weighted by Crippen LogP contribution is -2.40. The molecule has 0 aromatic heterocycles. The maximum atomic E-state index is 12.7. The van der Waals surface area contributed by atoms with E-state index in [0.29, 0.717) is 13.2 Å². The van der Waals surface area contributed by atoms with Gasteiger partial charge in [0.25, 0.3) is 0 Å². The van der Waals surface area contributed by atoms with E-state index in [-0.39, 0.29) is 31.6 Å². The Morgan fingerprint density at radius 3 is 2.36 bits per heavy atom. The lowest BCUT2D eigenvalue weighted by molar-refractivity contribution is -0.149. The third kappa shape index (κ3) is 2.44. The number of rotatable bonds is 3. The predicted octanol–water partition coefficient (Wildman–Crippen LogP) is 2.97. The van der Waals surface area contributed by atoms with Gasteiger partial charge in [0.1, 0.15) is 12.0 Å². The molecule has 2 atom stereocenters. The number of carboxylic acid groups (broad SMARTS) is 1. The van der Waals surface area contributed by atoms with E-state index in [1.807, 2.05) is 24.3 Å². The third-order valence-electron chi connectivity index (χ3n) is 6.39. The van der Waals surface area contributed by atoms with Gasteiger partial charge < -0.3 is 19.5 Å². The van der Waals surface area contributed by atoms with Gasteiger partial charge in [0.2, 0.25) is 0 Å². The van der Waals surface area contributed by atoms with E-state index in [0.717, 1.165) is 11.1 Å². The van der Waals surface area contributed by atoms with Crippen LogP contribution in [0.1, 0.15) is 17.0 Å². The number of carboxylic acids is 1. The first kappa shape index (κ1) is 17.3. The minimum atomic E-state index is -0.994. The van der Waals surface area contributed by atoms with E-state index in [2.05, 4.69) is 24.3 Å². The van der Waals surface area contributed by atoms with Gasteiger partial charge in [-0.05, 0) is 22.3 Å². The summed E-state index contributed by atoms with van der Waals surface area (Å²) in [5.41, 5.74) is 3.68. The molecule has 0 saturated carbocycles. The Hall–Kier alpha value is -2.86. The maximum Gasteiger partial charge on any atom is 0.409 e. The molecular weight excluding hydrogens is 358 g/mol. The number of aliphatic carboxylic acids is 1. The zero-order valence-corrected chi connectivity index (χ0v) is 15.3. The molecular formula is C22H21NO5. The SMILES string of the molecule is O=C(OCC1c2ccccc2-c2ccccc21)N1C[C@H]2COC[C@@]2(C(=O)O)C1. The fourth-order valence-electron chi connectivity index (χ4n) is 4.86. The first-order valence-electron chi connectivity index (χ1n) is 9.51. The average molecular weight is 379 g/mol. The topological polar surface area (TPSA) is 76.1 Å². The van der Waals surface area contributed by atoms with E-state index in [4.69, 9.17) is 9.47 Å². The van der Waals surface area contributed by atoms with Gasteiger partial charge in [0, 0.05) is 24.9 Å². The van der Waals surface area contributed by atoms with Crippen LogP contribution in [-0.2, 0) is 14.3 Å². The van der Waals surface area contributed by atoms with Gasteiger partial charge in [-0.3, -0.25) is 4.79 Å². The summed E-state index contributed by atoms with van der Waals surface area (Å²) < 4.78 is 11.0. The van der Waals surface area contributed by atoms with E-state index < -0.39 is 17.5 Å². The Balaban J connectivity index is 1.32. The quantitative estimate of drug-likeness (QED) is 0.887. The summed E-state index contributed by atoms with van der Waals surface area (Å²) in [6.07, 6.45) is -0.447. The van der Waals surface area contributed by atoms with Gasteiger partial charge in [-0.1, -0.05) is 48.5 Å². The zero-order chi connectivity index (χ0) is 19.3. The first-order valence-corrected chi connectivity index (χ1v) is 9.51. The van der Waals surface area contributed by atoms with Gasteiger partial charge in [-0.15, -0.1) is 0 Å². The number of nitrogens with zero attached hydrogens (tertiary/aromatic N) is 1. The molecule has 2 aliphatic heterocycles. The molecule has 2 saturated heterocycles. The number of carbonyl (C=O) groups excluding carboxylic acids is 1. The number of fused-ring (bicyclic) bond motifs is 4. The Morgan fingerprint density at radius 1 is 1.11 bits per heavy atom. The summed E-state index contributed by atoms with van der Waals surface area (Å²) >= 11 is 0. The van der Waals surface area contributed by atoms with Crippen LogP contribution < -0.4 is 0 Å². The first-order chi connectivity index (χ1) is 13.6. The number of ether oxygens (including phenoxy) is 2. The van der Waals surface area contributed by atoms with Crippen LogP contribution in [-0.4, -0.2) is 55.0 Å². The summed E-state index contributed by atoms with van der Waals surface area (Å²) in [6.45, 7) is 1.27. The molecule has 5 rings (SSSR count). The van der Waals surface area contributed by atoms with Gasteiger partial charge in [0.15, 0.2) is 0 Å². The molecule has 144 valence electrons. The largest absolute Gasteiger partial charge is 0.481 e. The van der Waals surface area contributed by atoms with E-state index >= 15 is 0 Å². The number of benzene rings is 2. The molecule has 2 fully saturated rings. The summed E-state index contributed by atoms with van der Waals surface area (Å²) in [5, 5.41) is 9.64. The number of hydrogen-bond acceptors (Lipinski definition) is 4. The van der Waals surface area contributed by atoms with Gasteiger partial charge in [0.05, 0.1) is 13.2 Å². The molecule has 28 heavy (non-hydrogen) atoms. The van der Waals surface area contributed by atoms with Crippen molar-refractivity contribution in [1.29, 1.82) is 0 Å². The number of hydrogen-bond donors (Lipinski definition) is 1. The summed E-state index contributed by atoms with van der Waals surface area (Å²) in [4.78, 5) is 26.0. The fraction of sp³-hybridized carbons (Fsp3) is 0.364. The van der Waals surface area contributed by atoms with Crippen LogP contribution in [0.5, 0.6) is 0 Å². The van der Waals surface area contributed by atoms with E-state index in [1.165, 1.54) is 16.0 Å². The van der Waals surface area contributed by atoms with Crippen molar-refractivity contribution in [2.24, 2.45) is 11.3 Å². The monoisotopic (exact) mass is 379 g/mol. The number of likely N-dealkylation sites (tertiary alicyclic amines) is 1. The maximum absolute atomic E-state index is 12.7. The second kappa shape index (κ2) is 6.34. The molecule has 2 aromatic carbocycles. The van der Waals surface area contributed by atoms with Crippen molar-refractivity contribution in [2.45, 2.75) is 5.92 Å². The highest BCUT2D eigenvalue weighted by Crippen LogP contribution is 2.45. The molecule has 1 N–H and O–H groups in total. The minimum Gasteiger partial charge on any atom is -0.481 e. The average Bonchev–Trinajstić information content (AvgIpc) is 3.36. The standard InChI is InChI=1S/C22H21NO5/c24-20(25)22-12-23(9-14(22)10-27-13-22)21(26)28-11-19-17-7-3-1-5-15(17)16-6-2-4-8-18(16)19/h1-8,14,19H,9-13H2,(H,24,25)/t14-,22-/m0/s1. The summed E-state index contributed by atoms with van der Waals surface area (Å²) in [7, 11) is 0. The van der Waals surface area contributed by atoms with Crippen molar-refractivity contribution in [3.63, 3.8) is 0 Å². The molecule has 1 amide bonds. The predicted molar refractivity (Wildman–Crippen MR) is 101 cm³/mol. The molecule has 2 aromatic rings. The van der Waals surface area contributed by atoms with Crippen molar-refractivity contribution in [1.82, 2.24) is 4.90 Å². The van der Waals surface area contributed by atoms with Crippen molar-refractivity contribution < 1.29 is 24.2 Å². The second-order valence-corrected chi connectivity index (χ2v) is 7.86. The van der Waals surface area contributed by atoms with Gasteiger partial charge in [-0.2, -0.15) is 0 Å². The normalized spacial score (nSPS) is 25.3. The Kier molecular flexibility index (Phi) is 3.91. The van der Waals surface area contributed by atoms with Crippen LogP contribution in [0.15, 0.2) is 48.5 Å². The van der Waals surface area contributed by atoms with Crippen LogP contribution >= 0.6 is 0 Å². The van der Waals surface area contributed by atoms with Crippen LogP contribution in [0.2, 0.25) is 0 Å². The van der Waals surface area contributed by atoms with Crippen molar-refractivity contribution >= 4 is 12.1 Å². The molecule has 1 aliphatic carbocycles. The molecule has 3 aliphatic rings. The number of amides is 1. The van der Waals surface area contributed by atoms with Crippen LogP contribution in [0.25, 0.3) is 11.1 Å². The smallest absolute Gasteiger partial charge is 0.409 e. The molecule has 6 heteroatoms. The lowest BCUT2D eigenvalue weighted by Gasteiger charge is -2.22. The van der Waals surface area contributed by atoms with Gasteiger partial charge >= 0.3 is 12.1 Å². The van der Waals surface area contributed by atoms with E-state index in [1.54, 1.807) is 0 Å². The van der Waals surface area contributed by atoms with Crippen LogP contribution in [0.3, 0.4) is 0 Å². The highest BCUT2D eigenvalue weighted by atomic mass is 16.6.